The van der Waals surface area contributed by atoms with Gasteiger partial charge in [-0.2, -0.15) is 0 Å². The number of ether oxygens (including phenoxy) is 1. The fraction of sp³-hybridized carbons (Fsp3) is 0.133. The van der Waals surface area contributed by atoms with Gasteiger partial charge in [-0.05, 0) is 30.3 Å². The first-order valence-electron chi connectivity index (χ1n) is 6.28. The van der Waals surface area contributed by atoms with E-state index in [-0.39, 0.29) is 19.1 Å². The molecule has 0 heterocycles. The molecule has 6 heteroatoms. The monoisotopic (exact) mass is 308 g/mol. The number of benzene rings is 2. The Balaban J connectivity index is 1.70. The standard InChI is InChI=1S/C15H14ClFN2O2/c16-12-5-7-13(8-6-12)21-10-19-15(20)18-9-11-3-1-2-4-14(11)17/h1-8H,9-10H2,(H2,18,19,20). The smallest absolute Gasteiger partial charge is 0.317 e. The van der Waals surface area contributed by atoms with Crippen molar-refractivity contribution in [3.05, 3.63) is 64.9 Å². The van der Waals surface area contributed by atoms with E-state index in [1.165, 1.54) is 6.07 Å². The number of carbonyl (C=O) groups is 1. The third kappa shape index (κ3) is 4.96. The topological polar surface area (TPSA) is 50.4 Å². The lowest BCUT2D eigenvalue weighted by molar-refractivity contribution is 0.223. The SMILES string of the molecule is O=C(NCOc1ccc(Cl)cc1)NCc1ccccc1F. The summed E-state index contributed by atoms with van der Waals surface area (Å²) < 4.78 is 18.6. The van der Waals surface area contributed by atoms with Crippen molar-refractivity contribution >= 4 is 17.6 Å². The van der Waals surface area contributed by atoms with E-state index in [1.54, 1.807) is 42.5 Å². The van der Waals surface area contributed by atoms with Crippen molar-refractivity contribution in [2.75, 3.05) is 6.73 Å². The van der Waals surface area contributed by atoms with Crippen molar-refractivity contribution in [3.63, 3.8) is 0 Å². The van der Waals surface area contributed by atoms with Crippen molar-refractivity contribution < 1.29 is 13.9 Å². The van der Waals surface area contributed by atoms with E-state index in [1.807, 2.05) is 0 Å². The van der Waals surface area contributed by atoms with Crippen LogP contribution in [0.15, 0.2) is 48.5 Å². The Kier molecular flexibility index (Phi) is 5.40. The highest BCUT2D eigenvalue weighted by molar-refractivity contribution is 6.30. The Morgan fingerprint density at radius 3 is 2.52 bits per heavy atom. The molecule has 0 radical (unpaired) electrons. The molecule has 2 N–H and O–H groups in total. The third-order valence-corrected chi connectivity index (χ3v) is 2.93. The fourth-order valence-corrected chi connectivity index (χ4v) is 1.72. The van der Waals surface area contributed by atoms with E-state index < -0.39 is 6.03 Å². The first-order valence-corrected chi connectivity index (χ1v) is 6.66. The van der Waals surface area contributed by atoms with Crippen LogP contribution in [0.3, 0.4) is 0 Å². The van der Waals surface area contributed by atoms with Gasteiger partial charge in [-0.1, -0.05) is 29.8 Å². The minimum atomic E-state index is -0.438. The maximum Gasteiger partial charge on any atom is 0.317 e. The molecule has 2 aromatic carbocycles. The van der Waals surface area contributed by atoms with Gasteiger partial charge in [0.1, 0.15) is 11.6 Å². The summed E-state index contributed by atoms with van der Waals surface area (Å²) in [6.45, 7) is 0.115. The predicted octanol–water partition coefficient (Wildman–Crippen LogP) is 3.31. The van der Waals surface area contributed by atoms with Crippen LogP contribution in [0.4, 0.5) is 9.18 Å². The number of carbonyl (C=O) groups excluding carboxylic acids is 1. The average Bonchev–Trinajstić information content (AvgIpc) is 2.48. The minimum absolute atomic E-state index is 0.00470. The van der Waals surface area contributed by atoms with E-state index in [4.69, 9.17) is 16.3 Å². The highest BCUT2D eigenvalue weighted by atomic mass is 35.5. The summed E-state index contributed by atoms with van der Waals surface area (Å²) >= 11 is 5.74. The summed E-state index contributed by atoms with van der Waals surface area (Å²) in [4.78, 5) is 11.5. The molecule has 0 bridgehead atoms. The van der Waals surface area contributed by atoms with Crippen molar-refractivity contribution in [3.8, 4) is 5.75 Å². The molecule has 0 saturated heterocycles. The van der Waals surface area contributed by atoms with E-state index in [2.05, 4.69) is 10.6 Å². The molecular formula is C15H14ClFN2O2. The van der Waals surface area contributed by atoms with Crippen LogP contribution in [-0.4, -0.2) is 12.8 Å². The number of hydrogen-bond acceptors (Lipinski definition) is 2. The van der Waals surface area contributed by atoms with Gasteiger partial charge in [-0.3, -0.25) is 0 Å². The number of rotatable bonds is 5. The summed E-state index contributed by atoms with van der Waals surface area (Å²) in [5.74, 6) is 0.240. The lowest BCUT2D eigenvalue weighted by Gasteiger charge is -2.09. The molecule has 2 rings (SSSR count). The summed E-state index contributed by atoms with van der Waals surface area (Å²) in [6, 6.07) is 12.6. The van der Waals surface area contributed by atoms with Gasteiger partial charge in [0.05, 0.1) is 0 Å². The van der Waals surface area contributed by atoms with Gasteiger partial charge in [-0.25, -0.2) is 9.18 Å². The van der Waals surface area contributed by atoms with E-state index in [9.17, 15) is 9.18 Å². The Labute approximate surface area is 126 Å². The second-order valence-electron chi connectivity index (χ2n) is 4.19. The highest BCUT2D eigenvalue weighted by Gasteiger charge is 2.03. The van der Waals surface area contributed by atoms with Crippen LogP contribution in [0, 0.1) is 5.82 Å². The van der Waals surface area contributed by atoms with Gasteiger partial charge in [0, 0.05) is 17.1 Å². The zero-order valence-corrected chi connectivity index (χ0v) is 11.9. The number of urea groups is 1. The first-order chi connectivity index (χ1) is 10.1. The van der Waals surface area contributed by atoms with E-state index in [0.29, 0.717) is 16.3 Å². The summed E-state index contributed by atoms with van der Waals surface area (Å²) in [7, 11) is 0. The normalized spacial score (nSPS) is 10.0. The maximum absolute atomic E-state index is 13.3. The van der Waals surface area contributed by atoms with Crippen LogP contribution in [0.2, 0.25) is 5.02 Å². The quantitative estimate of drug-likeness (QED) is 0.833. The minimum Gasteiger partial charge on any atom is -0.473 e. The average molecular weight is 309 g/mol. The third-order valence-electron chi connectivity index (χ3n) is 2.68. The molecule has 0 aromatic heterocycles. The van der Waals surface area contributed by atoms with Crippen LogP contribution < -0.4 is 15.4 Å². The van der Waals surface area contributed by atoms with Crippen molar-refractivity contribution in [1.82, 2.24) is 10.6 Å². The van der Waals surface area contributed by atoms with Crippen LogP contribution in [0.5, 0.6) is 5.75 Å². The first kappa shape index (κ1) is 15.1. The molecule has 4 nitrogen and oxygen atoms in total. The molecule has 2 amide bonds. The molecule has 0 unspecified atom stereocenters. The molecule has 0 aliphatic heterocycles. The van der Waals surface area contributed by atoms with Gasteiger partial charge in [-0.15, -0.1) is 0 Å². The lowest BCUT2D eigenvalue weighted by Crippen LogP contribution is -2.37. The van der Waals surface area contributed by atoms with Crippen LogP contribution in [0.25, 0.3) is 0 Å². The molecule has 2 aromatic rings. The van der Waals surface area contributed by atoms with Gasteiger partial charge < -0.3 is 15.4 Å². The second kappa shape index (κ2) is 7.50. The largest absolute Gasteiger partial charge is 0.473 e. The number of amides is 2. The molecular weight excluding hydrogens is 295 g/mol. The molecule has 0 aliphatic carbocycles. The van der Waals surface area contributed by atoms with Gasteiger partial charge >= 0.3 is 6.03 Å². The molecule has 0 atom stereocenters. The Hall–Kier alpha value is -2.27. The Bertz CT molecular complexity index is 605. The van der Waals surface area contributed by atoms with E-state index in [0.717, 1.165) is 0 Å². The molecule has 0 saturated carbocycles. The maximum atomic E-state index is 13.3. The molecule has 21 heavy (non-hydrogen) atoms. The van der Waals surface area contributed by atoms with Gasteiger partial charge in [0.2, 0.25) is 0 Å². The van der Waals surface area contributed by atoms with Crippen molar-refractivity contribution in [2.24, 2.45) is 0 Å². The van der Waals surface area contributed by atoms with Crippen LogP contribution in [0.1, 0.15) is 5.56 Å². The van der Waals surface area contributed by atoms with Crippen LogP contribution >= 0.6 is 11.6 Å². The van der Waals surface area contributed by atoms with E-state index >= 15 is 0 Å². The zero-order valence-electron chi connectivity index (χ0n) is 11.1. The molecule has 0 aliphatic rings. The fourth-order valence-electron chi connectivity index (χ4n) is 1.60. The van der Waals surface area contributed by atoms with Gasteiger partial charge in [0.15, 0.2) is 6.73 Å². The van der Waals surface area contributed by atoms with Crippen molar-refractivity contribution in [2.45, 2.75) is 6.54 Å². The molecule has 0 spiro atoms. The summed E-state index contributed by atoms with van der Waals surface area (Å²) in [5, 5.41) is 5.66. The Morgan fingerprint density at radius 2 is 1.81 bits per heavy atom. The number of hydrogen-bond donors (Lipinski definition) is 2. The second-order valence-corrected chi connectivity index (χ2v) is 4.63. The van der Waals surface area contributed by atoms with Gasteiger partial charge in [0.25, 0.3) is 0 Å². The molecule has 0 fully saturated rings. The lowest BCUT2D eigenvalue weighted by atomic mass is 10.2. The van der Waals surface area contributed by atoms with Crippen molar-refractivity contribution in [1.29, 1.82) is 0 Å². The number of halogens is 2. The zero-order chi connectivity index (χ0) is 15.1. The Morgan fingerprint density at radius 1 is 1.10 bits per heavy atom. The van der Waals surface area contributed by atoms with Crippen LogP contribution in [-0.2, 0) is 6.54 Å². The molecule has 110 valence electrons. The predicted molar refractivity (Wildman–Crippen MR) is 78.7 cm³/mol. The summed E-state index contributed by atoms with van der Waals surface area (Å²) in [6.07, 6.45) is 0. The summed E-state index contributed by atoms with van der Waals surface area (Å²) in [5.41, 5.74) is 0.422. The number of nitrogens with one attached hydrogen (secondary N) is 2. The highest BCUT2D eigenvalue weighted by Crippen LogP contribution is 2.14.